The van der Waals surface area contributed by atoms with Gasteiger partial charge in [0.2, 0.25) is 0 Å². The minimum Gasteiger partial charge on any atom is -0.390 e. The minimum atomic E-state index is 0.0222. The van der Waals surface area contributed by atoms with Gasteiger partial charge >= 0.3 is 0 Å². The van der Waals surface area contributed by atoms with Crippen molar-refractivity contribution in [2.75, 3.05) is 0 Å². The number of aromatic nitrogens is 1. The largest absolute Gasteiger partial charge is 0.390 e. The fraction of sp³-hybridized carbons (Fsp3) is 0.300. The van der Waals surface area contributed by atoms with Crippen molar-refractivity contribution in [2.45, 2.75) is 45.0 Å². The summed E-state index contributed by atoms with van der Waals surface area (Å²) >= 11 is 11.3. The molecule has 0 bridgehead atoms. The lowest BCUT2D eigenvalue weighted by molar-refractivity contribution is 0.278. The molecule has 0 fully saturated rings. The summed E-state index contributed by atoms with van der Waals surface area (Å²) in [6.45, 7) is 8.02. The molecule has 0 aliphatic rings. The molecule has 0 saturated heterocycles. The van der Waals surface area contributed by atoms with E-state index in [0.29, 0.717) is 0 Å². The Morgan fingerprint density at radius 1 is 1.04 bits per heavy atom. The van der Waals surface area contributed by atoms with E-state index >= 15 is 0 Å². The fourth-order valence-corrected chi connectivity index (χ4v) is 3.92. The molecule has 0 aliphatic heterocycles. The van der Waals surface area contributed by atoms with E-state index in [1.54, 1.807) is 11.8 Å². The highest BCUT2D eigenvalue weighted by Gasteiger charge is 2.07. The third kappa shape index (κ3) is 6.37. The van der Waals surface area contributed by atoms with Crippen LogP contribution in [0.3, 0.4) is 0 Å². The number of benzene rings is 2. The summed E-state index contributed by atoms with van der Waals surface area (Å²) in [5, 5.41) is 11.1. The summed E-state index contributed by atoms with van der Waals surface area (Å²) in [6, 6.07) is 14.1. The monoisotopic (exact) mass is 441 g/mol. The van der Waals surface area contributed by atoms with Crippen molar-refractivity contribution in [1.29, 1.82) is 0 Å². The molecule has 0 saturated carbocycles. The van der Waals surface area contributed by atoms with Crippen LogP contribution in [-0.4, -0.2) is 10.1 Å². The van der Waals surface area contributed by atoms with Crippen LogP contribution in [-0.2, 0) is 12.4 Å². The van der Waals surface area contributed by atoms with Crippen molar-refractivity contribution in [1.82, 2.24) is 4.98 Å². The van der Waals surface area contributed by atoms with E-state index in [4.69, 9.17) is 11.6 Å². The Balaban J connectivity index is 0.000000730. The Morgan fingerprint density at radius 2 is 1.68 bits per heavy atom. The van der Waals surface area contributed by atoms with Crippen LogP contribution >= 0.6 is 39.3 Å². The van der Waals surface area contributed by atoms with Crippen molar-refractivity contribution < 1.29 is 5.11 Å². The Bertz CT molecular complexity index is 771. The van der Waals surface area contributed by atoms with Gasteiger partial charge in [-0.1, -0.05) is 67.4 Å². The molecule has 0 atom stereocenters. The topological polar surface area (TPSA) is 36.0 Å². The van der Waals surface area contributed by atoms with Crippen LogP contribution < -0.4 is 0 Å². The number of fused-ring (bicyclic) bond motifs is 1. The molecule has 1 heterocycles. The smallest absolute Gasteiger partial charge is 0.0831 e. The molecule has 0 radical (unpaired) electrons. The molecule has 0 unspecified atom stereocenters. The van der Waals surface area contributed by atoms with E-state index in [-0.39, 0.29) is 6.61 Å². The Hall–Kier alpha value is -0.940. The maximum Gasteiger partial charge on any atom is 0.0831 e. The highest BCUT2D eigenvalue weighted by molar-refractivity contribution is 9.10. The van der Waals surface area contributed by atoms with Gasteiger partial charge in [-0.05, 0) is 35.9 Å². The van der Waals surface area contributed by atoms with Crippen LogP contribution in [0.4, 0.5) is 0 Å². The van der Waals surface area contributed by atoms with E-state index in [0.717, 1.165) is 31.8 Å². The van der Waals surface area contributed by atoms with Crippen LogP contribution in [0, 0.1) is 0 Å². The summed E-state index contributed by atoms with van der Waals surface area (Å²) in [7, 11) is 0. The van der Waals surface area contributed by atoms with Crippen LogP contribution in [0.5, 0.6) is 0 Å². The maximum atomic E-state index is 9.21. The zero-order chi connectivity index (χ0) is 18.8. The lowest BCUT2D eigenvalue weighted by Gasteiger charge is -2.04. The molecule has 136 valence electrons. The lowest BCUT2D eigenvalue weighted by atomic mass is 10.2. The van der Waals surface area contributed by atoms with Crippen LogP contribution in [0.25, 0.3) is 10.9 Å². The Kier molecular flexibility index (Phi) is 10.3. The number of rotatable bonds is 4. The SMILES string of the molecule is CC.CC.OCc1cc2c(Br)cc(SCc3ccc(Cl)cc3)cc2[nH]1. The van der Waals surface area contributed by atoms with Gasteiger partial charge in [-0.25, -0.2) is 0 Å². The number of nitrogens with one attached hydrogen (secondary N) is 1. The van der Waals surface area contributed by atoms with Gasteiger partial charge in [-0.3, -0.25) is 0 Å². The first-order valence-electron chi connectivity index (χ1n) is 8.45. The summed E-state index contributed by atoms with van der Waals surface area (Å²) in [5.41, 5.74) is 3.10. The first-order chi connectivity index (χ1) is 12.2. The number of thioether (sulfide) groups is 1. The van der Waals surface area contributed by atoms with Crippen LogP contribution in [0.1, 0.15) is 39.0 Å². The van der Waals surface area contributed by atoms with Gasteiger partial charge < -0.3 is 10.1 Å². The highest BCUT2D eigenvalue weighted by Crippen LogP contribution is 2.32. The van der Waals surface area contributed by atoms with Gasteiger partial charge in [-0.15, -0.1) is 11.8 Å². The number of halogens is 2. The van der Waals surface area contributed by atoms with Crippen LogP contribution in [0.2, 0.25) is 5.02 Å². The molecule has 3 rings (SSSR count). The fourth-order valence-electron chi connectivity index (χ4n) is 2.14. The van der Waals surface area contributed by atoms with E-state index in [2.05, 4.69) is 33.0 Å². The van der Waals surface area contributed by atoms with Crippen molar-refractivity contribution >= 4 is 50.2 Å². The highest BCUT2D eigenvalue weighted by atomic mass is 79.9. The normalized spacial score (nSPS) is 9.88. The summed E-state index contributed by atoms with van der Waals surface area (Å²) < 4.78 is 1.04. The van der Waals surface area contributed by atoms with Gasteiger partial charge in [0.15, 0.2) is 0 Å². The molecule has 2 nitrogen and oxygen atoms in total. The van der Waals surface area contributed by atoms with Crippen molar-refractivity contribution in [3.63, 3.8) is 0 Å². The number of hydrogen-bond donors (Lipinski definition) is 2. The second-order valence-corrected chi connectivity index (χ2v) is 7.07. The molecule has 3 aromatic rings. The van der Waals surface area contributed by atoms with E-state index in [1.807, 2.05) is 58.0 Å². The second kappa shape index (κ2) is 11.6. The van der Waals surface area contributed by atoms with E-state index in [9.17, 15) is 5.11 Å². The summed E-state index contributed by atoms with van der Waals surface area (Å²) in [4.78, 5) is 4.40. The molecular weight excluding hydrogens is 418 g/mol. The summed E-state index contributed by atoms with van der Waals surface area (Å²) in [6.07, 6.45) is 0. The van der Waals surface area contributed by atoms with Gasteiger partial charge in [-0.2, -0.15) is 0 Å². The lowest BCUT2D eigenvalue weighted by Crippen LogP contribution is -1.81. The molecular formula is C20H25BrClNOS. The summed E-state index contributed by atoms with van der Waals surface area (Å²) in [5.74, 6) is 0.892. The quantitative estimate of drug-likeness (QED) is 0.412. The molecule has 2 aromatic carbocycles. The number of aliphatic hydroxyl groups excluding tert-OH is 1. The van der Waals surface area contributed by atoms with Crippen molar-refractivity contribution in [3.05, 3.63) is 63.2 Å². The zero-order valence-electron chi connectivity index (χ0n) is 15.1. The third-order valence-electron chi connectivity index (χ3n) is 3.21. The van der Waals surface area contributed by atoms with Crippen LogP contribution in [0.15, 0.2) is 51.8 Å². The maximum absolute atomic E-state index is 9.21. The Morgan fingerprint density at radius 3 is 2.28 bits per heavy atom. The van der Waals surface area contributed by atoms with Crippen molar-refractivity contribution in [2.24, 2.45) is 0 Å². The number of aromatic amines is 1. The average Bonchev–Trinajstić information content (AvgIpc) is 3.08. The van der Waals surface area contributed by atoms with E-state index < -0.39 is 0 Å². The number of aliphatic hydroxyl groups is 1. The number of H-pyrrole nitrogens is 1. The third-order valence-corrected chi connectivity index (χ3v) is 5.16. The molecule has 2 N–H and O–H groups in total. The van der Waals surface area contributed by atoms with Gasteiger partial charge in [0, 0.05) is 36.7 Å². The molecule has 5 heteroatoms. The van der Waals surface area contributed by atoms with Crippen molar-refractivity contribution in [3.8, 4) is 0 Å². The Labute approximate surface area is 168 Å². The molecule has 1 aromatic heterocycles. The molecule has 0 spiro atoms. The molecule has 0 aliphatic carbocycles. The van der Waals surface area contributed by atoms with Gasteiger partial charge in [0.05, 0.1) is 6.61 Å². The standard InChI is InChI=1S/C16H13BrClNOS.2C2H6/c17-15-6-13(7-16-14(15)5-12(8-20)19-16)21-9-10-1-3-11(18)4-2-10;2*1-2/h1-7,19-20H,8-9H2;2*1-2H3. The first kappa shape index (κ1) is 22.1. The molecule has 0 amide bonds. The predicted octanol–water partition coefficient (Wildman–Crippen LogP) is 7.42. The second-order valence-electron chi connectivity index (χ2n) is 4.73. The van der Waals surface area contributed by atoms with E-state index in [1.165, 1.54) is 10.5 Å². The first-order valence-corrected chi connectivity index (χ1v) is 10.6. The average molecular weight is 443 g/mol. The predicted molar refractivity (Wildman–Crippen MR) is 116 cm³/mol. The molecule has 25 heavy (non-hydrogen) atoms. The zero-order valence-corrected chi connectivity index (χ0v) is 18.2. The number of hydrogen-bond acceptors (Lipinski definition) is 2. The minimum absolute atomic E-state index is 0.0222. The van der Waals surface area contributed by atoms with Gasteiger partial charge in [0.1, 0.15) is 0 Å². The van der Waals surface area contributed by atoms with Gasteiger partial charge in [0.25, 0.3) is 0 Å².